The van der Waals surface area contributed by atoms with E-state index in [1.165, 1.54) is 59.1 Å². The van der Waals surface area contributed by atoms with Crippen LogP contribution in [0, 0.1) is 0 Å². The predicted octanol–water partition coefficient (Wildman–Crippen LogP) is 6.24. The van der Waals surface area contributed by atoms with Crippen LogP contribution in [0.25, 0.3) is 11.1 Å². The fourth-order valence-electron chi connectivity index (χ4n) is 4.70. The van der Waals surface area contributed by atoms with Gasteiger partial charge in [0.25, 0.3) is 0 Å². The zero-order chi connectivity index (χ0) is 19.3. The summed E-state index contributed by atoms with van der Waals surface area (Å²) in [6.07, 6.45) is 13.2. The quantitative estimate of drug-likeness (QED) is 0.534. The molecule has 146 valence electrons. The maximum atomic E-state index is 6.16. The minimum atomic E-state index is 0.518. The van der Waals surface area contributed by atoms with Gasteiger partial charge in [-0.1, -0.05) is 37.4 Å². The normalized spacial score (nSPS) is 15.3. The third-order valence-electron chi connectivity index (χ3n) is 5.95. The molecule has 0 spiro atoms. The monoisotopic (exact) mass is 374 g/mol. The Labute approximate surface area is 168 Å². The molecule has 0 aliphatic heterocycles. The van der Waals surface area contributed by atoms with Crippen LogP contribution in [0.4, 0.5) is 0 Å². The number of aryl methyl sites for hydroxylation is 2. The van der Waals surface area contributed by atoms with Crippen LogP contribution in [0.15, 0.2) is 49.6 Å². The summed E-state index contributed by atoms with van der Waals surface area (Å²) in [5, 5.41) is 0. The van der Waals surface area contributed by atoms with Crippen molar-refractivity contribution in [2.45, 2.75) is 51.4 Å². The summed E-state index contributed by atoms with van der Waals surface area (Å²) in [6, 6.07) is 8.83. The summed E-state index contributed by atoms with van der Waals surface area (Å²) < 4.78 is 12.3. The van der Waals surface area contributed by atoms with E-state index in [1.54, 1.807) is 0 Å². The molecule has 0 unspecified atom stereocenters. The molecule has 0 bridgehead atoms. The van der Waals surface area contributed by atoms with Crippen LogP contribution >= 0.6 is 0 Å². The standard InChI is InChI=1S/C26H30O2/c1-3-17-27-23-15-13-19-9-5-7-11-21(19)25(23)26-22-12-8-6-10-20(22)14-16-24(26)28-18-4-2/h3-4,13-16H,1-2,5-12,17-18H2. The number of benzene rings is 2. The predicted molar refractivity (Wildman–Crippen MR) is 117 cm³/mol. The van der Waals surface area contributed by atoms with Crippen molar-refractivity contribution >= 4 is 0 Å². The second kappa shape index (κ2) is 8.68. The zero-order valence-electron chi connectivity index (χ0n) is 16.8. The molecule has 0 fully saturated rings. The van der Waals surface area contributed by atoms with Gasteiger partial charge in [0.05, 0.1) is 0 Å². The molecule has 0 amide bonds. The van der Waals surface area contributed by atoms with E-state index < -0.39 is 0 Å². The van der Waals surface area contributed by atoms with E-state index in [9.17, 15) is 0 Å². The van der Waals surface area contributed by atoms with E-state index in [2.05, 4.69) is 37.4 Å². The molecule has 0 heterocycles. The molecule has 2 aliphatic rings. The molecule has 2 aliphatic carbocycles. The van der Waals surface area contributed by atoms with Gasteiger partial charge in [0.1, 0.15) is 24.7 Å². The van der Waals surface area contributed by atoms with Gasteiger partial charge in [-0.05, 0) is 85.8 Å². The van der Waals surface area contributed by atoms with Gasteiger partial charge in [0, 0.05) is 11.1 Å². The van der Waals surface area contributed by atoms with Gasteiger partial charge in [-0.15, -0.1) is 0 Å². The zero-order valence-corrected chi connectivity index (χ0v) is 16.8. The van der Waals surface area contributed by atoms with Crippen molar-refractivity contribution in [2.75, 3.05) is 13.2 Å². The minimum absolute atomic E-state index is 0.518. The third-order valence-corrected chi connectivity index (χ3v) is 5.95. The Kier molecular flexibility index (Phi) is 5.85. The number of hydrogen-bond acceptors (Lipinski definition) is 2. The Balaban J connectivity index is 1.96. The lowest BCUT2D eigenvalue weighted by Crippen LogP contribution is -2.11. The summed E-state index contributed by atoms with van der Waals surface area (Å²) in [4.78, 5) is 0. The van der Waals surface area contributed by atoms with Crippen molar-refractivity contribution in [1.82, 2.24) is 0 Å². The van der Waals surface area contributed by atoms with Crippen LogP contribution in [0.3, 0.4) is 0 Å². The molecule has 0 saturated carbocycles. The number of hydrogen-bond donors (Lipinski definition) is 0. The van der Waals surface area contributed by atoms with Gasteiger partial charge in [-0.25, -0.2) is 0 Å². The highest BCUT2D eigenvalue weighted by atomic mass is 16.5. The molecule has 2 heteroatoms. The molecule has 0 radical (unpaired) electrons. The SMILES string of the molecule is C=CCOc1ccc2c(c1-c1c(OCC=C)ccc3c1CCCC3)CCCC2. The van der Waals surface area contributed by atoms with Gasteiger partial charge in [-0.3, -0.25) is 0 Å². The number of ether oxygens (including phenoxy) is 2. The average molecular weight is 375 g/mol. The lowest BCUT2D eigenvalue weighted by molar-refractivity contribution is 0.358. The largest absolute Gasteiger partial charge is 0.489 e. The molecule has 2 aromatic rings. The first-order valence-corrected chi connectivity index (χ1v) is 10.6. The Morgan fingerprint density at radius 3 is 1.50 bits per heavy atom. The first-order valence-electron chi connectivity index (χ1n) is 10.6. The van der Waals surface area contributed by atoms with Crippen LogP contribution in [0.1, 0.15) is 47.9 Å². The smallest absolute Gasteiger partial charge is 0.128 e. The van der Waals surface area contributed by atoms with Crippen molar-refractivity contribution in [1.29, 1.82) is 0 Å². The van der Waals surface area contributed by atoms with Crippen LogP contribution in [-0.4, -0.2) is 13.2 Å². The highest BCUT2D eigenvalue weighted by molar-refractivity contribution is 5.83. The van der Waals surface area contributed by atoms with Crippen LogP contribution < -0.4 is 9.47 Å². The lowest BCUT2D eigenvalue weighted by Gasteiger charge is -2.27. The van der Waals surface area contributed by atoms with Gasteiger partial charge in [-0.2, -0.15) is 0 Å². The second-order valence-corrected chi connectivity index (χ2v) is 7.77. The average Bonchev–Trinajstić information content (AvgIpc) is 2.75. The summed E-state index contributed by atoms with van der Waals surface area (Å²) in [5.74, 6) is 1.92. The highest BCUT2D eigenvalue weighted by Crippen LogP contribution is 2.46. The van der Waals surface area contributed by atoms with E-state index >= 15 is 0 Å². The van der Waals surface area contributed by atoms with Crippen molar-refractivity contribution < 1.29 is 9.47 Å². The molecule has 0 N–H and O–H groups in total. The van der Waals surface area contributed by atoms with E-state index in [0.29, 0.717) is 13.2 Å². The fourth-order valence-corrected chi connectivity index (χ4v) is 4.70. The minimum Gasteiger partial charge on any atom is -0.489 e. The molecule has 0 aromatic heterocycles. The van der Waals surface area contributed by atoms with Gasteiger partial charge in [0.2, 0.25) is 0 Å². The van der Waals surface area contributed by atoms with Gasteiger partial charge < -0.3 is 9.47 Å². The molecule has 4 rings (SSSR count). The summed E-state index contributed by atoms with van der Waals surface area (Å²) in [6.45, 7) is 8.70. The van der Waals surface area contributed by atoms with E-state index in [0.717, 1.165) is 37.2 Å². The lowest BCUT2D eigenvalue weighted by atomic mass is 9.80. The number of rotatable bonds is 7. The van der Waals surface area contributed by atoms with Crippen LogP contribution in [0.2, 0.25) is 0 Å². The van der Waals surface area contributed by atoms with Crippen molar-refractivity contribution in [3.63, 3.8) is 0 Å². The molecule has 2 nitrogen and oxygen atoms in total. The maximum Gasteiger partial charge on any atom is 0.128 e. The van der Waals surface area contributed by atoms with E-state index in [-0.39, 0.29) is 0 Å². The van der Waals surface area contributed by atoms with Gasteiger partial charge in [0.15, 0.2) is 0 Å². The summed E-state index contributed by atoms with van der Waals surface area (Å²) in [7, 11) is 0. The summed E-state index contributed by atoms with van der Waals surface area (Å²) in [5.41, 5.74) is 8.37. The van der Waals surface area contributed by atoms with Crippen molar-refractivity contribution in [3.05, 3.63) is 71.8 Å². The second-order valence-electron chi connectivity index (χ2n) is 7.77. The Hall–Kier alpha value is -2.48. The molecular weight excluding hydrogens is 344 g/mol. The first kappa shape index (κ1) is 18.9. The Bertz CT molecular complexity index is 805. The molecular formula is C26H30O2. The Morgan fingerprint density at radius 2 is 1.07 bits per heavy atom. The Morgan fingerprint density at radius 1 is 0.643 bits per heavy atom. The number of fused-ring (bicyclic) bond motifs is 2. The fraction of sp³-hybridized carbons (Fsp3) is 0.385. The van der Waals surface area contributed by atoms with E-state index in [1.807, 2.05) is 12.2 Å². The highest BCUT2D eigenvalue weighted by Gasteiger charge is 2.26. The molecule has 0 atom stereocenters. The molecule has 2 aromatic carbocycles. The third kappa shape index (κ3) is 3.61. The van der Waals surface area contributed by atoms with Crippen LogP contribution in [-0.2, 0) is 25.7 Å². The van der Waals surface area contributed by atoms with Gasteiger partial charge >= 0.3 is 0 Å². The summed E-state index contributed by atoms with van der Waals surface area (Å²) >= 11 is 0. The van der Waals surface area contributed by atoms with Crippen LogP contribution in [0.5, 0.6) is 11.5 Å². The van der Waals surface area contributed by atoms with Crippen molar-refractivity contribution in [3.8, 4) is 22.6 Å². The molecule has 28 heavy (non-hydrogen) atoms. The topological polar surface area (TPSA) is 18.5 Å². The first-order chi connectivity index (χ1) is 13.8. The van der Waals surface area contributed by atoms with E-state index in [4.69, 9.17) is 9.47 Å². The maximum absolute atomic E-state index is 6.16. The van der Waals surface area contributed by atoms with Crippen molar-refractivity contribution in [2.24, 2.45) is 0 Å². The molecule has 0 saturated heterocycles.